The molecule has 7 nitrogen and oxygen atoms in total. The van der Waals surface area contributed by atoms with Crippen molar-refractivity contribution in [2.24, 2.45) is 5.10 Å². The summed E-state index contributed by atoms with van der Waals surface area (Å²) < 4.78 is 32.7. The molecule has 0 atom stereocenters. The number of hydrogen-bond donors (Lipinski definition) is 1. The molecule has 0 aromatic heterocycles. The first-order valence-corrected chi connectivity index (χ1v) is 13.5. The van der Waals surface area contributed by atoms with Crippen molar-refractivity contribution in [1.82, 2.24) is 5.43 Å². The molecule has 194 valence electrons. The quantitative estimate of drug-likeness (QED) is 0.211. The van der Waals surface area contributed by atoms with Gasteiger partial charge in [0, 0.05) is 17.6 Å². The summed E-state index contributed by atoms with van der Waals surface area (Å²) in [5.74, 6) is 0.287. The summed E-state index contributed by atoms with van der Waals surface area (Å²) in [5.41, 5.74) is 6.02. The fourth-order valence-electron chi connectivity index (χ4n) is 3.46. The van der Waals surface area contributed by atoms with E-state index in [2.05, 4.69) is 10.5 Å². The van der Waals surface area contributed by atoms with Crippen LogP contribution in [0.4, 0.5) is 5.69 Å². The van der Waals surface area contributed by atoms with E-state index in [0.717, 1.165) is 16.7 Å². The van der Waals surface area contributed by atoms with Gasteiger partial charge in [0.25, 0.3) is 15.9 Å². The minimum absolute atomic E-state index is 0.197. The first-order chi connectivity index (χ1) is 18.2. The van der Waals surface area contributed by atoms with Crippen LogP contribution in [0.2, 0.25) is 5.02 Å². The number of nitrogens with zero attached hydrogens (tertiary/aromatic N) is 2. The van der Waals surface area contributed by atoms with E-state index in [-0.39, 0.29) is 4.90 Å². The van der Waals surface area contributed by atoms with Gasteiger partial charge in [-0.15, -0.1) is 0 Å². The van der Waals surface area contributed by atoms with Crippen molar-refractivity contribution in [3.63, 3.8) is 0 Å². The molecule has 1 amide bonds. The lowest BCUT2D eigenvalue weighted by atomic mass is 10.2. The fraction of sp³-hybridized carbons (Fsp3) is 0.103. The maximum atomic E-state index is 12.9. The summed E-state index contributed by atoms with van der Waals surface area (Å²) in [5, 5.41) is 4.69. The summed E-state index contributed by atoms with van der Waals surface area (Å²) in [7, 11) is -2.24. The van der Waals surface area contributed by atoms with E-state index in [1.807, 2.05) is 55.5 Å². The molecule has 0 aliphatic heterocycles. The van der Waals surface area contributed by atoms with E-state index in [1.54, 1.807) is 48.5 Å². The number of sulfonamides is 1. The molecule has 0 aliphatic rings. The van der Waals surface area contributed by atoms with Crippen LogP contribution in [0, 0.1) is 6.92 Å². The highest BCUT2D eigenvalue weighted by Crippen LogP contribution is 2.23. The first-order valence-electron chi connectivity index (χ1n) is 11.7. The molecule has 1 N–H and O–H groups in total. The van der Waals surface area contributed by atoms with Gasteiger partial charge in [0.15, 0.2) is 0 Å². The van der Waals surface area contributed by atoms with Gasteiger partial charge in [-0.2, -0.15) is 5.10 Å². The van der Waals surface area contributed by atoms with Crippen LogP contribution in [0.25, 0.3) is 0 Å². The van der Waals surface area contributed by atoms with Gasteiger partial charge in [0.2, 0.25) is 0 Å². The number of aryl methyl sites for hydroxylation is 1. The second-order valence-corrected chi connectivity index (χ2v) is 10.9. The summed E-state index contributed by atoms with van der Waals surface area (Å²) in [4.78, 5) is 12.7. The molecule has 0 bridgehead atoms. The zero-order chi connectivity index (χ0) is 27.1. The minimum Gasteiger partial charge on any atom is -0.489 e. The Hall–Kier alpha value is -4.14. The summed E-state index contributed by atoms with van der Waals surface area (Å²) in [6, 6.07) is 27.6. The second-order valence-electron chi connectivity index (χ2n) is 8.52. The standard InChI is InChI=1S/C29H26ClN3O4S/c1-21-3-17-28(18-4-21)38(35,36)33(2)26-13-9-24(10-14-26)29(34)32-31-19-22-7-15-27(16-8-22)37-20-23-5-11-25(30)12-6-23/h3-19H,20H2,1-2H3,(H,32,34)/b31-19-. The van der Waals surface area contributed by atoms with Crippen LogP contribution in [0.5, 0.6) is 5.75 Å². The smallest absolute Gasteiger partial charge is 0.271 e. The number of halogens is 1. The number of benzene rings is 4. The molecule has 4 aromatic rings. The Morgan fingerprint density at radius 2 is 1.55 bits per heavy atom. The molecule has 0 fully saturated rings. The number of hydrogen-bond acceptors (Lipinski definition) is 5. The van der Waals surface area contributed by atoms with Crippen molar-refractivity contribution in [2.75, 3.05) is 11.4 Å². The van der Waals surface area contributed by atoms with Crippen LogP contribution >= 0.6 is 11.6 Å². The second kappa shape index (κ2) is 11.9. The van der Waals surface area contributed by atoms with E-state index >= 15 is 0 Å². The maximum Gasteiger partial charge on any atom is 0.271 e. The summed E-state index contributed by atoms with van der Waals surface area (Å²) in [6.07, 6.45) is 1.52. The summed E-state index contributed by atoms with van der Waals surface area (Å²) >= 11 is 5.90. The van der Waals surface area contributed by atoms with Gasteiger partial charge >= 0.3 is 0 Å². The number of carbonyl (C=O) groups is 1. The molecule has 0 saturated heterocycles. The molecule has 9 heteroatoms. The molecule has 0 aliphatic carbocycles. The van der Waals surface area contributed by atoms with Crippen molar-refractivity contribution in [3.8, 4) is 5.75 Å². The maximum absolute atomic E-state index is 12.9. The Bertz CT molecular complexity index is 1520. The van der Waals surface area contributed by atoms with Crippen molar-refractivity contribution in [2.45, 2.75) is 18.4 Å². The Balaban J connectivity index is 1.31. The highest BCUT2D eigenvalue weighted by molar-refractivity contribution is 7.92. The van der Waals surface area contributed by atoms with Crippen molar-refractivity contribution >= 4 is 39.4 Å². The summed E-state index contributed by atoms with van der Waals surface area (Å²) in [6.45, 7) is 2.32. The molecule has 0 heterocycles. The lowest BCUT2D eigenvalue weighted by molar-refractivity contribution is 0.0955. The Morgan fingerprint density at radius 3 is 2.18 bits per heavy atom. The van der Waals surface area contributed by atoms with Gasteiger partial charge in [-0.1, -0.05) is 41.4 Å². The van der Waals surface area contributed by atoms with E-state index in [1.165, 1.54) is 17.6 Å². The third-order valence-electron chi connectivity index (χ3n) is 5.75. The molecule has 4 aromatic carbocycles. The topological polar surface area (TPSA) is 88.1 Å². The number of nitrogens with one attached hydrogen (secondary N) is 1. The average molecular weight is 548 g/mol. The van der Waals surface area contributed by atoms with E-state index in [0.29, 0.717) is 28.6 Å². The van der Waals surface area contributed by atoms with Crippen LogP contribution in [-0.2, 0) is 16.6 Å². The number of anilines is 1. The SMILES string of the molecule is Cc1ccc(S(=O)(=O)N(C)c2ccc(C(=O)N/N=C\c3ccc(OCc4ccc(Cl)cc4)cc3)cc2)cc1. The third kappa shape index (κ3) is 6.79. The lowest BCUT2D eigenvalue weighted by Crippen LogP contribution is -2.26. The number of carbonyl (C=O) groups excluding carboxylic acids is 1. The molecule has 38 heavy (non-hydrogen) atoms. The number of rotatable bonds is 9. The van der Waals surface area contributed by atoms with Gasteiger partial charge in [-0.3, -0.25) is 9.10 Å². The Morgan fingerprint density at radius 1 is 0.921 bits per heavy atom. The van der Waals surface area contributed by atoms with Crippen LogP contribution in [0.15, 0.2) is 107 Å². The van der Waals surface area contributed by atoms with Gasteiger partial charge in [0.1, 0.15) is 12.4 Å². The monoisotopic (exact) mass is 547 g/mol. The first kappa shape index (κ1) is 26.9. The van der Waals surface area contributed by atoms with Crippen LogP contribution < -0.4 is 14.5 Å². The van der Waals surface area contributed by atoms with Crippen molar-refractivity contribution in [3.05, 3.63) is 124 Å². The molecule has 0 unspecified atom stereocenters. The van der Waals surface area contributed by atoms with Gasteiger partial charge in [0.05, 0.1) is 16.8 Å². The van der Waals surface area contributed by atoms with Gasteiger partial charge in [-0.25, -0.2) is 13.8 Å². The molecular weight excluding hydrogens is 522 g/mol. The number of hydrazone groups is 1. The lowest BCUT2D eigenvalue weighted by Gasteiger charge is -2.19. The average Bonchev–Trinajstić information content (AvgIpc) is 2.93. The zero-order valence-electron chi connectivity index (χ0n) is 20.8. The minimum atomic E-state index is -3.71. The molecule has 0 saturated carbocycles. The molecule has 0 spiro atoms. The zero-order valence-corrected chi connectivity index (χ0v) is 22.4. The number of ether oxygens (including phenoxy) is 1. The molecule has 4 rings (SSSR count). The van der Waals surface area contributed by atoms with E-state index in [9.17, 15) is 13.2 Å². The molecule has 0 radical (unpaired) electrons. The van der Waals surface area contributed by atoms with Crippen LogP contribution in [-0.4, -0.2) is 27.6 Å². The van der Waals surface area contributed by atoms with Crippen molar-refractivity contribution < 1.29 is 17.9 Å². The predicted molar refractivity (Wildman–Crippen MR) is 150 cm³/mol. The third-order valence-corrected chi connectivity index (χ3v) is 7.80. The number of amides is 1. The largest absolute Gasteiger partial charge is 0.489 e. The van der Waals surface area contributed by atoms with Crippen molar-refractivity contribution in [1.29, 1.82) is 0 Å². The highest BCUT2D eigenvalue weighted by atomic mass is 35.5. The van der Waals surface area contributed by atoms with Gasteiger partial charge in [-0.05, 0) is 90.8 Å². The highest BCUT2D eigenvalue weighted by Gasteiger charge is 2.21. The fourth-order valence-corrected chi connectivity index (χ4v) is 4.78. The van der Waals surface area contributed by atoms with Crippen LogP contribution in [0.1, 0.15) is 27.0 Å². The predicted octanol–water partition coefficient (Wildman–Crippen LogP) is 5.82. The Kier molecular flexibility index (Phi) is 8.45. The Labute approximate surface area is 227 Å². The van der Waals surface area contributed by atoms with E-state index in [4.69, 9.17) is 16.3 Å². The van der Waals surface area contributed by atoms with Gasteiger partial charge < -0.3 is 4.74 Å². The normalized spacial score (nSPS) is 11.3. The van der Waals surface area contributed by atoms with Crippen LogP contribution in [0.3, 0.4) is 0 Å². The van der Waals surface area contributed by atoms with E-state index < -0.39 is 15.9 Å². The molecular formula is C29H26ClN3O4S.